The molecule has 0 fully saturated rings. The minimum Gasteiger partial charge on any atom is -0.505 e. The predicted molar refractivity (Wildman–Crippen MR) is 93.8 cm³/mol. The number of carbonyl (C=O) groups is 1. The SMILES string of the molecule is Cc1cccc(-n2nc(C(=O)NCc3ccccc3)c(O)cc2=O)c1. The Kier molecular flexibility index (Phi) is 4.61. The molecule has 6 heteroatoms. The first kappa shape index (κ1) is 16.4. The van der Waals surface area contributed by atoms with Gasteiger partial charge < -0.3 is 10.4 Å². The van der Waals surface area contributed by atoms with E-state index >= 15 is 0 Å². The number of carbonyl (C=O) groups excluding carboxylic acids is 1. The van der Waals surface area contributed by atoms with Gasteiger partial charge in [-0.15, -0.1) is 0 Å². The molecule has 0 saturated heterocycles. The Morgan fingerprint density at radius 3 is 2.60 bits per heavy atom. The molecule has 0 aliphatic carbocycles. The van der Waals surface area contributed by atoms with Crippen LogP contribution in [0.1, 0.15) is 21.6 Å². The van der Waals surface area contributed by atoms with Gasteiger partial charge in [-0.3, -0.25) is 9.59 Å². The zero-order valence-corrected chi connectivity index (χ0v) is 13.6. The Hall–Kier alpha value is -3.41. The van der Waals surface area contributed by atoms with Crippen LogP contribution >= 0.6 is 0 Å². The molecule has 0 unspecified atom stereocenters. The van der Waals surface area contributed by atoms with Crippen molar-refractivity contribution in [2.45, 2.75) is 13.5 Å². The van der Waals surface area contributed by atoms with E-state index < -0.39 is 17.2 Å². The highest BCUT2D eigenvalue weighted by Crippen LogP contribution is 2.13. The Labute approximate surface area is 144 Å². The minimum atomic E-state index is -0.553. The molecule has 25 heavy (non-hydrogen) atoms. The van der Waals surface area contributed by atoms with Crippen LogP contribution in [0.25, 0.3) is 5.69 Å². The number of hydrogen-bond donors (Lipinski definition) is 2. The van der Waals surface area contributed by atoms with Crippen LogP contribution in [0.15, 0.2) is 65.5 Å². The summed E-state index contributed by atoms with van der Waals surface area (Å²) in [4.78, 5) is 24.5. The number of amides is 1. The van der Waals surface area contributed by atoms with E-state index in [0.29, 0.717) is 12.2 Å². The summed E-state index contributed by atoms with van der Waals surface area (Å²) in [6.45, 7) is 2.19. The summed E-state index contributed by atoms with van der Waals surface area (Å²) >= 11 is 0. The molecule has 1 amide bonds. The Morgan fingerprint density at radius 1 is 1.12 bits per heavy atom. The first-order valence-electron chi connectivity index (χ1n) is 7.77. The Balaban J connectivity index is 1.90. The van der Waals surface area contributed by atoms with Gasteiger partial charge in [-0.2, -0.15) is 9.78 Å². The molecule has 0 radical (unpaired) electrons. The van der Waals surface area contributed by atoms with Crippen molar-refractivity contribution in [1.29, 1.82) is 0 Å². The van der Waals surface area contributed by atoms with Gasteiger partial charge in [0, 0.05) is 12.6 Å². The third-order valence-corrected chi connectivity index (χ3v) is 3.67. The van der Waals surface area contributed by atoms with E-state index in [4.69, 9.17) is 0 Å². The van der Waals surface area contributed by atoms with Crippen molar-refractivity contribution >= 4 is 5.91 Å². The number of benzene rings is 2. The van der Waals surface area contributed by atoms with Crippen molar-refractivity contribution in [2.75, 3.05) is 0 Å². The van der Waals surface area contributed by atoms with Crippen LogP contribution in [0.4, 0.5) is 0 Å². The number of nitrogens with zero attached hydrogens (tertiary/aromatic N) is 2. The molecule has 2 aromatic carbocycles. The van der Waals surface area contributed by atoms with E-state index in [1.54, 1.807) is 18.2 Å². The summed E-state index contributed by atoms with van der Waals surface area (Å²) in [6.07, 6.45) is 0. The molecule has 3 aromatic rings. The molecule has 3 rings (SSSR count). The van der Waals surface area contributed by atoms with E-state index in [-0.39, 0.29) is 5.69 Å². The van der Waals surface area contributed by atoms with Crippen LogP contribution in [-0.4, -0.2) is 20.8 Å². The van der Waals surface area contributed by atoms with Crippen molar-refractivity contribution in [1.82, 2.24) is 15.1 Å². The highest BCUT2D eigenvalue weighted by atomic mass is 16.3. The van der Waals surface area contributed by atoms with Gasteiger partial charge in [0.2, 0.25) is 0 Å². The van der Waals surface area contributed by atoms with Gasteiger partial charge in [0.1, 0.15) is 0 Å². The summed E-state index contributed by atoms with van der Waals surface area (Å²) in [5.74, 6) is -0.998. The summed E-state index contributed by atoms with van der Waals surface area (Å²) < 4.78 is 1.10. The lowest BCUT2D eigenvalue weighted by atomic mass is 10.2. The molecule has 1 heterocycles. The second kappa shape index (κ2) is 7.00. The molecule has 0 aliphatic rings. The molecule has 0 aliphatic heterocycles. The minimum absolute atomic E-state index is 0.197. The maximum atomic E-state index is 12.4. The van der Waals surface area contributed by atoms with Crippen LogP contribution < -0.4 is 10.9 Å². The highest BCUT2D eigenvalue weighted by molar-refractivity contribution is 5.94. The molecule has 1 aromatic heterocycles. The van der Waals surface area contributed by atoms with Gasteiger partial charge in [0.15, 0.2) is 11.4 Å². The van der Waals surface area contributed by atoms with E-state index in [0.717, 1.165) is 21.9 Å². The van der Waals surface area contributed by atoms with Gasteiger partial charge in [-0.1, -0.05) is 42.5 Å². The molecule has 2 N–H and O–H groups in total. The van der Waals surface area contributed by atoms with Crippen LogP contribution in [0.3, 0.4) is 0 Å². The van der Waals surface area contributed by atoms with Crippen molar-refractivity contribution in [3.63, 3.8) is 0 Å². The molecule has 0 saturated carbocycles. The summed E-state index contributed by atoms with van der Waals surface area (Å²) in [5, 5.41) is 16.7. The van der Waals surface area contributed by atoms with Gasteiger partial charge in [0.25, 0.3) is 11.5 Å². The van der Waals surface area contributed by atoms with E-state index in [1.807, 2.05) is 43.3 Å². The van der Waals surface area contributed by atoms with Gasteiger partial charge in [0.05, 0.1) is 5.69 Å². The Morgan fingerprint density at radius 2 is 1.88 bits per heavy atom. The summed E-state index contributed by atoms with van der Waals surface area (Å²) in [6, 6.07) is 17.5. The fourth-order valence-electron chi connectivity index (χ4n) is 2.42. The first-order valence-corrected chi connectivity index (χ1v) is 7.77. The van der Waals surface area contributed by atoms with Gasteiger partial charge in [-0.05, 0) is 30.2 Å². The van der Waals surface area contributed by atoms with Crippen LogP contribution in [0, 0.1) is 6.92 Å². The quantitative estimate of drug-likeness (QED) is 0.765. The van der Waals surface area contributed by atoms with Gasteiger partial charge >= 0.3 is 0 Å². The number of hydrogen-bond acceptors (Lipinski definition) is 4. The molecule has 6 nitrogen and oxygen atoms in total. The van der Waals surface area contributed by atoms with Crippen LogP contribution in [-0.2, 0) is 6.54 Å². The van der Waals surface area contributed by atoms with Crippen LogP contribution in [0.5, 0.6) is 5.75 Å². The summed E-state index contributed by atoms with van der Waals surface area (Å²) in [7, 11) is 0. The average molecular weight is 335 g/mol. The lowest BCUT2D eigenvalue weighted by Gasteiger charge is -2.10. The number of aromatic hydroxyl groups is 1. The second-order valence-corrected chi connectivity index (χ2v) is 5.64. The first-order chi connectivity index (χ1) is 12.0. The largest absolute Gasteiger partial charge is 0.505 e. The lowest BCUT2D eigenvalue weighted by molar-refractivity contribution is 0.0941. The number of nitrogens with one attached hydrogen (secondary N) is 1. The maximum Gasteiger partial charge on any atom is 0.275 e. The second-order valence-electron chi connectivity index (χ2n) is 5.64. The van der Waals surface area contributed by atoms with Crippen LogP contribution in [0.2, 0.25) is 0 Å². The zero-order valence-electron chi connectivity index (χ0n) is 13.6. The predicted octanol–water partition coefficient (Wildman–Crippen LogP) is 2.18. The number of aromatic nitrogens is 2. The van der Waals surface area contributed by atoms with Crippen molar-refractivity contribution in [2.24, 2.45) is 0 Å². The topological polar surface area (TPSA) is 84.2 Å². The standard InChI is InChI=1S/C19H17N3O3/c1-13-6-5-9-15(10-13)22-17(24)11-16(23)18(21-22)19(25)20-12-14-7-3-2-4-8-14/h2-11,23H,12H2,1H3,(H,20,25). The number of rotatable bonds is 4. The fraction of sp³-hybridized carbons (Fsp3) is 0.105. The third kappa shape index (κ3) is 3.74. The average Bonchev–Trinajstić information content (AvgIpc) is 2.60. The third-order valence-electron chi connectivity index (χ3n) is 3.67. The molecular formula is C19H17N3O3. The molecule has 126 valence electrons. The lowest BCUT2D eigenvalue weighted by Crippen LogP contribution is -2.29. The zero-order chi connectivity index (χ0) is 17.8. The highest BCUT2D eigenvalue weighted by Gasteiger charge is 2.16. The fourth-order valence-corrected chi connectivity index (χ4v) is 2.42. The van der Waals surface area contributed by atoms with Crippen molar-refractivity contribution < 1.29 is 9.90 Å². The molecule has 0 bridgehead atoms. The van der Waals surface area contributed by atoms with E-state index in [9.17, 15) is 14.7 Å². The maximum absolute atomic E-state index is 12.4. The smallest absolute Gasteiger partial charge is 0.275 e. The van der Waals surface area contributed by atoms with E-state index in [1.165, 1.54) is 0 Å². The summed E-state index contributed by atoms with van der Waals surface area (Å²) in [5.41, 5.74) is 1.69. The Bertz CT molecular complexity index is 965. The van der Waals surface area contributed by atoms with Gasteiger partial charge in [-0.25, -0.2) is 0 Å². The van der Waals surface area contributed by atoms with Crippen molar-refractivity contribution in [3.8, 4) is 11.4 Å². The molecular weight excluding hydrogens is 318 g/mol. The monoisotopic (exact) mass is 335 g/mol. The van der Waals surface area contributed by atoms with E-state index in [2.05, 4.69) is 10.4 Å². The molecule has 0 spiro atoms. The number of aryl methyl sites for hydroxylation is 1. The normalized spacial score (nSPS) is 10.4. The molecule has 0 atom stereocenters. The van der Waals surface area contributed by atoms with Crippen molar-refractivity contribution in [3.05, 3.63) is 87.8 Å².